The SMILES string of the molecule is CC1=CC(Br)=CC(C)[NH+]1O. The fraction of sp³-hybridized carbons (Fsp3) is 0.429. The second kappa shape index (κ2) is 2.86. The average molecular weight is 205 g/mol. The molecule has 2 unspecified atom stereocenters. The van der Waals surface area contributed by atoms with Gasteiger partial charge < -0.3 is 0 Å². The standard InChI is InChI=1S/C7H10BrNO/c1-5-3-7(8)4-6(2)9(5)10/h3-5,10H,1-2H3/p+1. The summed E-state index contributed by atoms with van der Waals surface area (Å²) in [7, 11) is 0. The van der Waals surface area contributed by atoms with Gasteiger partial charge in [0, 0.05) is 17.5 Å². The maximum absolute atomic E-state index is 9.35. The average Bonchev–Trinajstić information content (AvgIpc) is 1.82. The molecule has 56 valence electrons. The van der Waals surface area contributed by atoms with Crippen molar-refractivity contribution in [1.29, 1.82) is 0 Å². The first-order valence-corrected chi connectivity index (χ1v) is 4.02. The number of hydroxylamine groups is 2. The molecule has 3 heteroatoms. The van der Waals surface area contributed by atoms with Crippen molar-refractivity contribution in [1.82, 2.24) is 0 Å². The molecule has 1 rings (SSSR count). The third-order valence-corrected chi connectivity index (χ3v) is 2.09. The fourth-order valence-electron chi connectivity index (χ4n) is 1.01. The van der Waals surface area contributed by atoms with Crippen LogP contribution in [0.1, 0.15) is 13.8 Å². The van der Waals surface area contributed by atoms with Gasteiger partial charge in [0.15, 0.2) is 0 Å². The fourth-order valence-corrected chi connectivity index (χ4v) is 1.75. The van der Waals surface area contributed by atoms with Gasteiger partial charge in [0.25, 0.3) is 0 Å². The molecule has 0 bridgehead atoms. The van der Waals surface area contributed by atoms with Gasteiger partial charge in [0.05, 0.1) is 0 Å². The summed E-state index contributed by atoms with van der Waals surface area (Å²) in [4.78, 5) is 0. The molecule has 10 heavy (non-hydrogen) atoms. The largest absolute Gasteiger partial charge is 0.213 e. The van der Waals surface area contributed by atoms with E-state index in [1.807, 2.05) is 26.0 Å². The lowest BCUT2D eigenvalue weighted by atomic mass is 10.2. The van der Waals surface area contributed by atoms with Crippen molar-refractivity contribution in [3.63, 3.8) is 0 Å². The van der Waals surface area contributed by atoms with E-state index >= 15 is 0 Å². The Labute approximate surface area is 68.9 Å². The first-order chi connectivity index (χ1) is 4.61. The zero-order chi connectivity index (χ0) is 7.72. The minimum atomic E-state index is 0.152. The highest BCUT2D eigenvalue weighted by atomic mass is 79.9. The number of allylic oxidation sites excluding steroid dienone is 3. The third kappa shape index (κ3) is 1.48. The van der Waals surface area contributed by atoms with Gasteiger partial charge in [0.1, 0.15) is 11.7 Å². The number of hydrogen-bond donors (Lipinski definition) is 2. The van der Waals surface area contributed by atoms with Crippen LogP contribution in [0.25, 0.3) is 0 Å². The topological polar surface area (TPSA) is 24.7 Å². The van der Waals surface area contributed by atoms with Crippen LogP contribution in [-0.4, -0.2) is 11.2 Å². The highest BCUT2D eigenvalue weighted by Gasteiger charge is 2.19. The van der Waals surface area contributed by atoms with Crippen LogP contribution in [0.5, 0.6) is 0 Å². The van der Waals surface area contributed by atoms with Gasteiger partial charge in [-0.05, 0) is 13.0 Å². The Morgan fingerprint density at radius 1 is 1.70 bits per heavy atom. The van der Waals surface area contributed by atoms with Crippen molar-refractivity contribution < 1.29 is 10.3 Å². The van der Waals surface area contributed by atoms with E-state index in [1.54, 1.807) is 0 Å². The molecule has 2 atom stereocenters. The van der Waals surface area contributed by atoms with Crippen LogP contribution in [0.3, 0.4) is 0 Å². The van der Waals surface area contributed by atoms with Crippen molar-refractivity contribution in [2.75, 3.05) is 0 Å². The molecule has 1 aliphatic heterocycles. The molecule has 2 N–H and O–H groups in total. The quantitative estimate of drug-likeness (QED) is 0.601. The number of rotatable bonds is 0. The summed E-state index contributed by atoms with van der Waals surface area (Å²) in [5.41, 5.74) is 0.946. The van der Waals surface area contributed by atoms with E-state index in [1.165, 1.54) is 0 Å². The Morgan fingerprint density at radius 2 is 2.30 bits per heavy atom. The van der Waals surface area contributed by atoms with Crippen LogP contribution in [0.15, 0.2) is 22.3 Å². The molecule has 0 spiro atoms. The zero-order valence-corrected chi connectivity index (χ0v) is 7.64. The molecule has 0 aromatic heterocycles. The Bertz CT molecular complexity index is 198. The molecule has 0 aromatic rings. The minimum absolute atomic E-state index is 0.152. The van der Waals surface area contributed by atoms with Crippen LogP contribution < -0.4 is 5.06 Å². The van der Waals surface area contributed by atoms with Crippen LogP contribution in [0, 0.1) is 0 Å². The lowest BCUT2D eigenvalue weighted by Gasteiger charge is -2.18. The first-order valence-electron chi connectivity index (χ1n) is 3.23. The zero-order valence-electron chi connectivity index (χ0n) is 6.06. The molecule has 0 aliphatic carbocycles. The van der Waals surface area contributed by atoms with E-state index in [9.17, 15) is 5.21 Å². The predicted octanol–water partition coefficient (Wildman–Crippen LogP) is 0.845. The predicted molar refractivity (Wildman–Crippen MR) is 43.0 cm³/mol. The Morgan fingerprint density at radius 3 is 2.80 bits per heavy atom. The van der Waals surface area contributed by atoms with E-state index in [-0.39, 0.29) is 6.04 Å². The smallest absolute Gasteiger partial charge is 0.139 e. The molecule has 0 radical (unpaired) electrons. The second-order valence-electron chi connectivity index (χ2n) is 2.55. The number of halogens is 1. The van der Waals surface area contributed by atoms with Crippen LogP contribution in [-0.2, 0) is 0 Å². The van der Waals surface area contributed by atoms with Gasteiger partial charge in [-0.25, -0.2) is 5.21 Å². The Balaban J connectivity index is 2.85. The summed E-state index contributed by atoms with van der Waals surface area (Å²) in [6, 6.07) is 0.152. The summed E-state index contributed by atoms with van der Waals surface area (Å²) in [5, 5.41) is 9.82. The van der Waals surface area contributed by atoms with Gasteiger partial charge in [-0.1, -0.05) is 15.9 Å². The van der Waals surface area contributed by atoms with Crippen molar-refractivity contribution in [3.8, 4) is 0 Å². The highest BCUT2D eigenvalue weighted by Crippen LogP contribution is 2.11. The monoisotopic (exact) mass is 204 g/mol. The maximum atomic E-state index is 9.35. The van der Waals surface area contributed by atoms with E-state index in [0.29, 0.717) is 5.06 Å². The molecule has 1 aliphatic rings. The molecule has 0 amide bonds. The second-order valence-corrected chi connectivity index (χ2v) is 3.47. The van der Waals surface area contributed by atoms with Crippen LogP contribution in [0.2, 0.25) is 0 Å². The lowest BCUT2D eigenvalue weighted by molar-refractivity contribution is -1.07. The van der Waals surface area contributed by atoms with E-state index < -0.39 is 0 Å². The van der Waals surface area contributed by atoms with Crippen LogP contribution in [0.4, 0.5) is 0 Å². The van der Waals surface area contributed by atoms with Crippen molar-refractivity contribution >= 4 is 15.9 Å². The molecule has 0 saturated carbocycles. The van der Waals surface area contributed by atoms with Gasteiger partial charge in [-0.3, -0.25) is 0 Å². The van der Waals surface area contributed by atoms with Gasteiger partial charge in [-0.15, -0.1) is 0 Å². The van der Waals surface area contributed by atoms with Gasteiger partial charge in [0.2, 0.25) is 0 Å². The van der Waals surface area contributed by atoms with Crippen molar-refractivity contribution in [2.45, 2.75) is 19.9 Å². The van der Waals surface area contributed by atoms with Gasteiger partial charge in [-0.2, -0.15) is 5.06 Å². The number of quaternary nitrogens is 1. The Kier molecular flexibility index (Phi) is 2.28. The van der Waals surface area contributed by atoms with Crippen molar-refractivity contribution in [3.05, 3.63) is 22.3 Å². The molecule has 0 fully saturated rings. The van der Waals surface area contributed by atoms with E-state index in [2.05, 4.69) is 15.9 Å². The minimum Gasteiger partial charge on any atom is -0.213 e. The molecule has 2 nitrogen and oxygen atoms in total. The van der Waals surface area contributed by atoms with Gasteiger partial charge >= 0.3 is 0 Å². The molecule has 0 saturated heterocycles. The summed E-state index contributed by atoms with van der Waals surface area (Å²) in [6.45, 7) is 3.87. The van der Waals surface area contributed by atoms with Crippen molar-refractivity contribution in [2.24, 2.45) is 0 Å². The lowest BCUT2D eigenvalue weighted by Crippen LogP contribution is -3.11. The summed E-state index contributed by atoms with van der Waals surface area (Å²) >= 11 is 3.36. The number of hydrogen-bond acceptors (Lipinski definition) is 1. The maximum Gasteiger partial charge on any atom is 0.139 e. The molecule has 0 aromatic carbocycles. The van der Waals surface area contributed by atoms with E-state index in [4.69, 9.17) is 0 Å². The summed E-state index contributed by atoms with van der Waals surface area (Å²) in [6.07, 6.45) is 3.89. The van der Waals surface area contributed by atoms with Crippen LogP contribution >= 0.6 is 15.9 Å². The highest BCUT2D eigenvalue weighted by molar-refractivity contribution is 9.11. The molecular formula is C7H11BrNO+. The number of nitrogens with one attached hydrogen (secondary N) is 1. The normalized spacial score (nSPS) is 33.2. The summed E-state index contributed by atoms with van der Waals surface area (Å²) < 4.78 is 1.05. The molecule has 1 heterocycles. The first kappa shape index (κ1) is 7.98. The summed E-state index contributed by atoms with van der Waals surface area (Å²) in [5.74, 6) is 0. The molecular weight excluding hydrogens is 194 g/mol. The van der Waals surface area contributed by atoms with E-state index in [0.717, 1.165) is 10.2 Å². The Hall–Kier alpha value is -0.120. The third-order valence-electron chi connectivity index (χ3n) is 1.60.